The summed E-state index contributed by atoms with van der Waals surface area (Å²) in [6, 6.07) is 3.79. The Balaban J connectivity index is 2.37. The van der Waals surface area contributed by atoms with Gasteiger partial charge in [-0.05, 0) is 23.6 Å². The predicted molar refractivity (Wildman–Crippen MR) is 55.9 cm³/mol. The van der Waals surface area contributed by atoms with Crippen LogP contribution in [0.1, 0.15) is 12.0 Å². The van der Waals surface area contributed by atoms with Gasteiger partial charge in [0.05, 0.1) is 0 Å². The Kier molecular flexibility index (Phi) is 4.54. The molecule has 2 nitrogen and oxygen atoms in total. The molecule has 0 spiro atoms. The van der Waals surface area contributed by atoms with E-state index < -0.39 is 0 Å². The van der Waals surface area contributed by atoms with Gasteiger partial charge >= 0.3 is 0 Å². The monoisotopic (exact) mass is 195 g/mol. The van der Waals surface area contributed by atoms with Crippen LogP contribution in [0.3, 0.4) is 0 Å². The minimum atomic E-state index is 0.294. The third kappa shape index (κ3) is 4.08. The molecule has 0 aliphatic carbocycles. The van der Waals surface area contributed by atoms with Crippen molar-refractivity contribution in [1.82, 2.24) is 4.98 Å². The molecule has 0 saturated carbocycles. The number of carbonyl (C=O) groups excluding carboxylic acids is 1. The fraction of sp³-hybridized carbons (Fsp3) is 0.400. The van der Waals surface area contributed by atoms with E-state index in [0.717, 1.165) is 11.3 Å². The average molecular weight is 195 g/mol. The third-order valence-electron chi connectivity index (χ3n) is 1.71. The van der Waals surface area contributed by atoms with Crippen molar-refractivity contribution >= 4 is 17.5 Å². The zero-order valence-electron chi connectivity index (χ0n) is 7.69. The summed E-state index contributed by atoms with van der Waals surface area (Å²) in [5.74, 6) is 1.21. The van der Waals surface area contributed by atoms with E-state index in [0.29, 0.717) is 18.6 Å². The van der Waals surface area contributed by atoms with E-state index in [4.69, 9.17) is 0 Å². The molecule has 0 unspecified atom stereocenters. The van der Waals surface area contributed by atoms with E-state index in [9.17, 15) is 4.79 Å². The number of aromatic nitrogens is 1. The van der Waals surface area contributed by atoms with Crippen LogP contribution < -0.4 is 0 Å². The molecule has 1 aromatic heterocycles. The van der Waals surface area contributed by atoms with Gasteiger partial charge in [0.15, 0.2) is 0 Å². The molecule has 0 N–H and O–H groups in total. The highest BCUT2D eigenvalue weighted by Crippen LogP contribution is 2.02. The maximum atomic E-state index is 11.3. The van der Waals surface area contributed by atoms with Crippen LogP contribution in [0.25, 0.3) is 0 Å². The van der Waals surface area contributed by atoms with Crippen molar-refractivity contribution in [1.29, 1.82) is 0 Å². The molecule has 0 saturated heterocycles. The molecular formula is C10H13NOS. The maximum Gasteiger partial charge on any atom is 0.138 e. The molecule has 13 heavy (non-hydrogen) atoms. The molecule has 0 aromatic carbocycles. The normalized spacial score (nSPS) is 9.92. The molecule has 0 bridgehead atoms. The number of thioether (sulfide) groups is 1. The predicted octanol–water partition coefficient (Wildman–Crippen LogP) is 1.95. The van der Waals surface area contributed by atoms with Crippen molar-refractivity contribution in [2.75, 3.05) is 12.0 Å². The van der Waals surface area contributed by atoms with Crippen molar-refractivity contribution in [3.63, 3.8) is 0 Å². The smallest absolute Gasteiger partial charge is 0.138 e. The largest absolute Gasteiger partial charge is 0.299 e. The topological polar surface area (TPSA) is 30.0 Å². The zero-order chi connectivity index (χ0) is 9.52. The third-order valence-corrected chi connectivity index (χ3v) is 2.32. The van der Waals surface area contributed by atoms with Gasteiger partial charge < -0.3 is 0 Å². The first-order valence-electron chi connectivity index (χ1n) is 4.22. The van der Waals surface area contributed by atoms with Crippen LogP contribution in [0, 0.1) is 0 Å². The highest BCUT2D eigenvalue weighted by Gasteiger charge is 2.02. The zero-order valence-corrected chi connectivity index (χ0v) is 8.51. The first-order valence-corrected chi connectivity index (χ1v) is 5.62. The van der Waals surface area contributed by atoms with E-state index in [1.165, 1.54) is 0 Å². The van der Waals surface area contributed by atoms with Crippen LogP contribution in [0.5, 0.6) is 0 Å². The summed E-state index contributed by atoms with van der Waals surface area (Å²) < 4.78 is 0. The Bertz CT molecular complexity index is 261. The Morgan fingerprint density at radius 1 is 1.62 bits per heavy atom. The molecule has 1 rings (SSSR count). The summed E-state index contributed by atoms with van der Waals surface area (Å²) >= 11 is 1.70. The van der Waals surface area contributed by atoms with Crippen LogP contribution in [0.15, 0.2) is 24.5 Å². The number of hydrogen-bond acceptors (Lipinski definition) is 3. The summed E-state index contributed by atoms with van der Waals surface area (Å²) in [6.07, 6.45) is 6.66. The molecule has 0 aliphatic rings. The standard InChI is InChI=1S/C10H13NOS/c1-13-6-4-10(12)7-9-3-2-5-11-8-9/h2-3,5,8H,4,6-7H2,1H3. The fourth-order valence-electron chi connectivity index (χ4n) is 1.03. The summed E-state index contributed by atoms with van der Waals surface area (Å²) in [5.41, 5.74) is 1.01. The molecule has 0 fully saturated rings. The second-order valence-corrected chi connectivity index (χ2v) is 3.81. The highest BCUT2D eigenvalue weighted by molar-refractivity contribution is 7.98. The second kappa shape index (κ2) is 5.75. The Morgan fingerprint density at radius 2 is 2.46 bits per heavy atom. The number of ketones is 1. The Labute approximate surface area is 82.8 Å². The van der Waals surface area contributed by atoms with Gasteiger partial charge in [0.2, 0.25) is 0 Å². The lowest BCUT2D eigenvalue weighted by Crippen LogP contribution is -2.03. The van der Waals surface area contributed by atoms with E-state index >= 15 is 0 Å². The van der Waals surface area contributed by atoms with Gasteiger partial charge in [-0.25, -0.2) is 0 Å². The Morgan fingerprint density at radius 3 is 3.08 bits per heavy atom. The van der Waals surface area contributed by atoms with Crippen molar-refractivity contribution in [3.8, 4) is 0 Å². The van der Waals surface area contributed by atoms with Crippen molar-refractivity contribution in [2.24, 2.45) is 0 Å². The number of pyridine rings is 1. The van der Waals surface area contributed by atoms with E-state index in [-0.39, 0.29) is 0 Å². The molecule has 1 heterocycles. The van der Waals surface area contributed by atoms with Crippen LogP contribution >= 0.6 is 11.8 Å². The minimum absolute atomic E-state index is 0.294. The summed E-state index contributed by atoms with van der Waals surface area (Å²) in [4.78, 5) is 15.3. The van der Waals surface area contributed by atoms with Gasteiger partial charge in [0.1, 0.15) is 5.78 Å². The molecule has 0 amide bonds. The fourth-order valence-corrected chi connectivity index (χ4v) is 1.47. The van der Waals surface area contributed by atoms with Crippen molar-refractivity contribution in [2.45, 2.75) is 12.8 Å². The lowest BCUT2D eigenvalue weighted by Gasteiger charge is -1.98. The van der Waals surface area contributed by atoms with Crippen LogP contribution in [-0.2, 0) is 11.2 Å². The second-order valence-electron chi connectivity index (χ2n) is 2.82. The van der Waals surface area contributed by atoms with Gasteiger partial charge in [0.25, 0.3) is 0 Å². The first kappa shape index (κ1) is 10.3. The highest BCUT2D eigenvalue weighted by atomic mass is 32.2. The molecule has 3 heteroatoms. The van der Waals surface area contributed by atoms with Crippen molar-refractivity contribution in [3.05, 3.63) is 30.1 Å². The van der Waals surface area contributed by atoms with Crippen molar-refractivity contribution < 1.29 is 4.79 Å². The van der Waals surface area contributed by atoms with Gasteiger partial charge in [-0.15, -0.1) is 0 Å². The summed E-state index contributed by atoms with van der Waals surface area (Å²) in [7, 11) is 0. The lowest BCUT2D eigenvalue weighted by molar-refractivity contribution is -0.118. The lowest BCUT2D eigenvalue weighted by atomic mass is 10.1. The van der Waals surface area contributed by atoms with Gasteiger partial charge in [-0.3, -0.25) is 9.78 Å². The number of rotatable bonds is 5. The van der Waals surface area contributed by atoms with Crippen LogP contribution in [0.4, 0.5) is 0 Å². The molecule has 0 radical (unpaired) electrons. The number of Topliss-reactive ketones (excluding diaryl/α,β-unsaturated/α-hetero) is 1. The summed E-state index contributed by atoms with van der Waals surface area (Å²) in [5, 5.41) is 0. The van der Waals surface area contributed by atoms with E-state index in [1.54, 1.807) is 24.2 Å². The number of hydrogen-bond donors (Lipinski definition) is 0. The molecular weight excluding hydrogens is 182 g/mol. The SMILES string of the molecule is CSCCC(=O)Cc1cccnc1. The molecule has 0 atom stereocenters. The number of carbonyl (C=O) groups is 1. The van der Waals surface area contributed by atoms with Gasteiger partial charge in [-0.1, -0.05) is 6.07 Å². The quantitative estimate of drug-likeness (QED) is 0.719. The van der Waals surface area contributed by atoms with Crippen LogP contribution in [-0.4, -0.2) is 22.8 Å². The number of nitrogens with zero attached hydrogens (tertiary/aromatic N) is 1. The average Bonchev–Trinajstić information content (AvgIpc) is 2.16. The molecule has 70 valence electrons. The summed E-state index contributed by atoms with van der Waals surface area (Å²) in [6.45, 7) is 0. The van der Waals surface area contributed by atoms with Crippen LogP contribution in [0.2, 0.25) is 0 Å². The van der Waals surface area contributed by atoms with E-state index in [1.807, 2.05) is 18.4 Å². The van der Waals surface area contributed by atoms with E-state index in [2.05, 4.69) is 4.98 Å². The maximum absolute atomic E-state index is 11.3. The molecule has 1 aromatic rings. The minimum Gasteiger partial charge on any atom is -0.299 e. The van der Waals surface area contributed by atoms with Gasteiger partial charge in [-0.2, -0.15) is 11.8 Å². The molecule has 0 aliphatic heterocycles. The Hall–Kier alpha value is -0.830. The van der Waals surface area contributed by atoms with Gasteiger partial charge in [0, 0.05) is 25.2 Å². The first-order chi connectivity index (χ1) is 6.33.